The van der Waals surface area contributed by atoms with Gasteiger partial charge in [-0.05, 0) is 43.4 Å². The first kappa shape index (κ1) is 20.0. The Labute approximate surface area is 170 Å². The largest absolute Gasteiger partial charge is 0.369 e. The molecule has 28 heavy (non-hydrogen) atoms. The molecule has 1 aliphatic rings. The lowest BCUT2D eigenvalue weighted by Crippen LogP contribution is -2.52. The van der Waals surface area contributed by atoms with E-state index in [1.165, 1.54) is 17.8 Å². The predicted molar refractivity (Wildman–Crippen MR) is 117 cm³/mol. The van der Waals surface area contributed by atoms with Crippen LogP contribution in [-0.4, -0.2) is 53.7 Å². The molecular weight excluding hydrogens is 374 g/mol. The fourth-order valence-electron chi connectivity index (χ4n) is 3.27. The van der Waals surface area contributed by atoms with E-state index in [1.807, 2.05) is 6.07 Å². The van der Waals surface area contributed by atoms with Crippen molar-refractivity contribution in [2.24, 2.45) is 0 Å². The van der Waals surface area contributed by atoms with Crippen molar-refractivity contribution >= 4 is 34.4 Å². The van der Waals surface area contributed by atoms with Gasteiger partial charge in [0.05, 0.1) is 4.92 Å². The Morgan fingerprint density at radius 2 is 1.75 bits per heavy atom. The fourth-order valence-corrected chi connectivity index (χ4v) is 3.47. The van der Waals surface area contributed by atoms with Gasteiger partial charge in [0.1, 0.15) is 0 Å². The second-order valence-corrected chi connectivity index (χ2v) is 7.25. The van der Waals surface area contributed by atoms with Gasteiger partial charge in [-0.3, -0.25) is 15.0 Å². The van der Waals surface area contributed by atoms with Gasteiger partial charge >= 0.3 is 0 Å². The molecule has 0 saturated carbocycles. The number of piperazine rings is 1. The van der Waals surface area contributed by atoms with Crippen LogP contribution < -0.4 is 15.5 Å². The highest BCUT2D eigenvalue weighted by molar-refractivity contribution is 7.80. The average Bonchev–Trinajstić information content (AvgIpc) is 2.73. The number of nitro benzene ring substituents is 1. The van der Waals surface area contributed by atoms with Gasteiger partial charge in [0.25, 0.3) is 5.69 Å². The molecule has 0 aromatic heterocycles. The zero-order chi connectivity index (χ0) is 19.9. The van der Waals surface area contributed by atoms with Crippen LogP contribution in [0.25, 0.3) is 0 Å². The summed E-state index contributed by atoms with van der Waals surface area (Å²) >= 11 is 5.34. The number of nitrogens with one attached hydrogen (secondary N) is 2. The predicted octanol–water partition coefficient (Wildman–Crippen LogP) is 3.09. The molecule has 1 unspecified atom stereocenters. The Bertz CT molecular complexity index is 792. The molecule has 0 radical (unpaired) electrons. The quantitative estimate of drug-likeness (QED) is 0.439. The monoisotopic (exact) mass is 399 g/mol. The normalized spacial score (nSPS) is 15.7. The van der Waals surface area contributed by atoms with Crippen molar-refractivity contribution < 1.29 is 4.92 Å². The fraction of sp³-hybridized carbons (Fsp3) is 0.350. The molecule has 8 heteroatoms. The van der Waals surface area contributed by atoms with Crippen molar-refractivity contribution in [1.29, 1.82) is 0 Å². The van der Waals surface area contributed by atoms with Gasteiger partial charge in [-0.1, -0.05) is 18.2 Å². The highest BCUT2D eigenvalue weighted by Crippen LogP contribution is 2.17. The molecule has 0 aliphatic carbocycles. The van der Waals surface area contributed by atoms with Crippen LogP contribution >= 0.6 is 12.2 Å². The molecule has 148 valence electrons. The maximum Gasteiger partial charge on any atom is 0.269 e. The number of thiocarbonyl (C=S) groups is 1. The number of nitrogens with zero attached hydrogens (tertiary/aromatic N) is 3. The number of hydrogen-bond acceptors (Lipinski definition) is 5. The summed E-state index contributed by atoms with van der Waals surface area (Å²) < 4.78 is 0. The lowest BCUT2D eigenvalue weighted by molar-refractivity contribution is -0.384. The van der Waals surface area contributed by atoms with Gasteiger partial charge in [0, 0.05) is 62.3 Å². The van der Waals surface area contributed by atoms with E-state index in [0.29, 0.717) is 11.2 Å². The van der Waals surface area contributed by atoms with Gasteiger partial charge in [0.2, 0.25) is 0 Å². The van der Waals surface area contributed by atoms with Crippen LogP contribution in [0, 0.1) is 10.1 Å². The van der Waals surface area contributed by atoms with Crippen LogP contribution in [0.3, 0.4) is 0 Å². The Morgan fingerprint density at radius 1 is 1.11 bits per heavy atom. The minimum absolute atomic E-state index is 0.0627. The van der Waals surface area contributed by atoms with Crippen LogP contribution in [0.2, 0.25) is 0 Å². The molecule has 1 fully saturated rings. The summed E-state index contributed by atoms with van der Waals surface area (Å²) in [5.74, 6) is 0. The van der Waals surface area contributed by atoms with Gasteiger partial charge in [-0.25, -0.2) is 0 Å². The number of benzene rings is 2. The second-order valence-electron chi connectivity index (χ2n) is 6.85. The molecule has 7 nitrogen and oxygen atoms in total. The molecule has 1 heterocycles. The Hall–Kier alpha value is -2.71. The first-order valence-corrected chi connectivity index (χ1v) is 9.77. The maximum atomic E-state index is 10.7. The molecule has 1 saturated heterocycles. The molecule has 2 aromatic carbocycles. The first-order chi connectivity index (χ1) is 13.5. The molecule has 0 spiro atoms. The van der Waals surface area contributed by atoms with Crippen LogP contribution in [0.1, 0.15) is 6.92 Å². The second kappa shape index (κ2) is 9.48. The van der Waals surface area contributed by atoms with E-state index >= 15 is 0 Å². The summed E-state index contributed by atoms with van der Waals surface area (Å²) in [6.45, 7) is 6.99. The lowest BCUT2D eigenvalue weighted by atomic mass is 10.2. The number of para-hydroxylation sites is 1. The molecule has 1 atom stereocenters. The van der Waals surface area contributed by atoms with Crippen molar-refractivity contribution in [2.75, 3.05) is 42.9 Å². The highest BCUT2D eigenvalue weighted by Gasteiger charge is 2.21. The lowest BCUT2D eigenvalue weighted by Gasteiger charge is -2.39. The molecule has 1 aliphatic heterocycles. The average molecular weight is 400 g/mol. The number of rotatable bonds is 6. The van der Waals surface area contributed by atoms with Crippen LogP contribution in [0.4, 0.5) is 17.1 Å². The standard InChI is InChI=1S/C20H25N5O2S/c1-16(23-11-13-24(14-12-23)18-5-3-2-4-6-18)15-21-20(28)22-17-7-9-19(10-8-17)25(26)27/h2-10,16H,11-15H2,1H3,(H2,21,22,28). The zero-order valence-corrected chi connectivity index (χ0v) is 16.7. The van der Waals surface area contributed by atoms with Crippen LogP contribution in [0.15, 0.2) is 54.6 Å². The van der Waals surface area contributed by atoms with E-state index in [1.54, 1.807) is 12.1 Å². The van der Waals surface area contributed by atoms with E-state index in [0.717, 1.165) is 38.4 Å². The van der Waals surface area contributed by atoms with Gasteiger partial charge < -0.3 is 15.5 Å². The van der Waals surface area contributed by atoms with Crippen molar-refractivity contribution in [2.45, 2.75) is 13.0 Å². The van der Waals surface area contributed by atoms with Gasteiger partial charge in [0.15, 0.2) is 5.11 Å². The Morgan fingerprint density at radius 3 is 2.36 bits per heavy atom. The first-order valence-electron chi connectivity index (χ1n) is 9.36. The summed E-state index contributed by atoms with van der Waals surface area (Å²) in [5.41, 5.74) is 2.07. The summed E-state index contributed by atoms with van der Waals surface area (Å²) in [6, 6.07) is 17.1. The van der Waals surface area contributed by atoms with E-state index < -0.39 is 4.92 Å². The van der Waals surface area contributed by atoms with E-state index in [9.17, 15) is 10.1 Å². The van der Waals surface area contributed by atoms with Crippen LogP contribution in [-0.2, 0) is 0 Å². The molecule has 0 amide bonds. The number of non-ortho nitro benzene ring substituents is 1. The summed E-state index contributed by atoms with van der Waals surface area (Å²) in [5, 5.41) is 17.5. The third kappa shape index (κ3) is 5.40. The van der Waals surface area contributed by atoms with E-state index in [2.05, 4.69) is 51.6 Å². The third-order valence-electron chi connectivity index (χ3n) is 4.95. The van der Waals surface area contributed by atoms with E-state index in [-0.39, 0.29) is 5.69 Å². The molecule has 2 N–H and O–H groups in total. The van der Waals surface area contributed by atoms with Crippen molar-refractivity contribution in [3.8, 4) is 0 Å². The summed E-state index contributed by atoms with van der Waals surface area (Å²) in [4.78, 5) is 15.2. The Balaban J connectivity index is 1.41. The highest BCUT2D eigenvalue weighted by atomic mass is 32.1. The minimum Gasteiger partial charge on any atom is -0.369 e. The SMILES string of the molecule is CC(CNC(=S)Nc1ccc([N+](=O)[O-])cc1)N1CCN(c2ccccc2)CC1. The van der Waals surface area contributed by atoms with Crippen LogP contribution in [0.5, 0.6) is 0 Å². The number of nitro groups is 1. The van der Waals surface area contributed by atoms with Crippen molar-refractivity contribution in [3.63, 3.8) is 0 Å². The number of hydrogen-bond donors (Lipinski definition) is 2. The molecule has 2 aromatic rings. The maximum absolute atomic E-state index is 10.7. The smallest absolute Gasteiger partial charge is 0.269 e. The zero-order valence-electron chi connectivity index (χ0n) is 15.9. The minimum atomic E-state index is -0.417. The molecule has 0 bridgehead atoms. The summed E-state index contributed by atoms with van der Waals surface area (Å²) in [6.07, 6.45) is 0. The number of anilines is 2. The Kier molecular flexibility index (Phi) is 6.78. The van der Waals surface area contributed by atoms with Gasteiger partial charge in [-0.2, -0.15) is 0 Å². The van der Waals surface area contributed by atoms with E-state index in [4.69, 9.17) is 12.2 Å². The summed E-state index contributed by atoms with van der Waals surface area (Å²) in [7, 11) is 0. The third-order valence-corrected chi connectivity index (χ3v) is 5.20. The molecular formula is C20H25N5O2S. The van der Waals surface area contributed by atoms with Crippen molar-refractivity contribution in [1.82, 2.24) is 10.2 Å². The topological polar surface area (TPSA) is 73.7 Å². The van der Waals surface area contributed by atoms with Gasteiger partial charge in [-0.15, -0.1) is 0 Å². The molecule has 3 rings (SSSR count). The van der Waals surface area contributed by atoms with Crippen molar-refractivity contribution in [3.05, 3.63) is 64.7 Å².